The van der Waals surface area contributed by atoms with Crippen molar-refractivity contribution < 1.29 is 4.42 Å². The molecule has 0 saturated heterocycles. The van der Waals surface area contributed by atoms with Gasteiger partial charge in [0.05, 0.1) is 11.0 Å². The number of rotatable bonds is 7. The fourth-order valence-electron chi connectivity index (χ4n) is 8.75. The molecule has 0 fully saturated rings. The second-order valence-electron chi connectivity index (χ2n) is 15.5. The lowest BCUT2D eigenvalue weighted by molar-refractivity contribution is 0.668. The summed E-state index contributed by atoms with van der Waals surface area (Å²) in [6.07, 6.45) is 1.85. The van der Waals surface area contributed by atoms with E-state index in [1.54, 1.807) is 0 Å². The Bertz CT molecular complexity index is 3590. The lowest BCUT2D eigenvalue weighted by Crippen LogP contribution is -2.02. The molecular formula is C56H35N5O. The van der Waals surface area contributed by atoms with Crippen molar-refractivity contribution in [3.05, 3.63) is 212 Å². The second-order valence-corrected chi connectivity index (χ2v) is 15.5. The minimum absolute atomic E-state index is 0.457. The molecule has 6 nitrogen and oxygen atoms in total. The Morgan fingerprint density at radius 1 is 0.339 bits per heavy atom. The Hall–Kier alpha value is -8.48. The van der Waals surface area contributed by atoms with Gasteiger partial charge in [-0.2, -0.15) is 0 Å². The molecule has 4 aromatic heterocycles. The summed E-state index contributed by atoms with van der Waals surface area (Å²) in [7, 11) is 0. The number of benzene rings is 8. The van der Waals surface area contributed by atoms with Gasteiger partial charge in [-0.1, -0.05) is 164 Å². The van der Waals surface area contributed by atoms with E-state index < -0.39 is 0 Å². The van der Waals surface area contributed by atoms with Crippen LogP contribution in [0.25, 0.3) is 117 Å². The maximum absolute atomic E-state index is 6.30. The number of hydrogen-bond donors (Lipinski definition) is 0. The second kappa shape index (κ2) is 14.7. The molecule has 0 radical (unpaired) electrons. The van der Waals surface area contributed by atoms with E-state index in [0.29, 0.717) is 23.2 Å². The Kier molecular flexibility index (Phi) is 8.38. The van der Waals surface area contributed by atoms with E-state index in [1.807, 2.05) is 42.6 Å². The first kappa shape index (κ1) is 35.5. The van der Waals surface area contributed by atoms with Crippen LogP contribution in [0.2, 0.25) is 0 Å². The molecule has 12 rings (SSSR count). The molecule has 4 heterocycles. The highest BCUT2D eigenvalue weighted by atomic mass is 16.3. The number of nitrogens with zero attached hydrogens (tertiary/aromatic N) is 5. The molecule has 0 spiro atoms. The smallest absolute Gasteiger partial charge is 0.182 e. The van der Waals surface area contributed by atoms with Crippen LogP contribution in [0.5, 0.6) is 0 Å². The molecule has 62 heavy (non-hydrogen) atoms. The Labute approximate surface area is 357 Å². The summed E-state index contributed by atoms with van der Waals surface area (Å²) in [5, 5.41) is 4.41. The first-order valence-electron chi connectivity index (χ1n) is 20.7. The van der Waals surface area contributed by atoms with Crippen LogP contribution in [0.3, 0.4) is 0 Å². The Morgan fingerprint density at radius 2 is 0.903 bits per heavy atom. The fraction of sp³-hybridized carbons (Fsp3) is 0. The normalized spacial score (nSPS) is 11.5. The summed E-state index contributed by atoms with van der Waals surface area (Å²) in [6.45, 7) is 0. The summed E-state index contributed by atoms with van der Waals surface area (Å²) in [6, 6.07) is 71.7. The molecule has 0 bridgehead atoms. The van der Waals surface area contributed by atoms with Gasteiger partial charge in [0.25, 0.3) is 0 Å². The van der Waals surface area contributed by atoms with Gasteiger partial charge in [-0.3, -0.25) is 4.98 Å². The van der Waals surface area contributed by atoms with Crippen molar-refractivity contribution in [1.82, 2.24) is 24.5 Å². The third-order valence-corrected chi connectivity index (χ3v) is 11.7. The number of hydrogen-bond acceptors (Lipinski definition) is 5. The van der Waals surface area contributed by atoms with Crippen molar-refractivity contribution in [3.8, 4) is 73.4 Å². The monoisotopic (exact) mass is 793 g/mol. The molecule has 0 aliphatic heterocycles. The highest BCUT2D eigenvalue weighted by molar-refractivity contribution is 6.09. The van der Waals surface area contributed by atoms with Crippen LogP contribution in [-0.2, 0) is 0 Å². The van der Waals surface area contributed by atoms with Crippen LogP contribution in [0, 0.1) is 0 Å². The number of furan rings is 1. The quantitative estimate of drug-likeness (QED) is 0.161. The minimum Gasteiger partial charge on any atom is -0.456 e. The zero-order valence-electron chi connectivity index (χ0n) is 33.4. The fourth-order valence-corrected chi connectivity index (χ4v) is 8.75. The Balaban J connectivity index is 1.00. The summed E-state index contributed by atoms with van der Waals surface area (Å²) in [4.78, 5) is 20.5. The van der Waals surface area contributed by atoms with Crippen LogP contribution in [-0.4, -0.2) is 24.5 Å². The van der Waals surface area contributed by atoms with Gasteiger partial charge in [-0.25, -0.2) is 15.0 Å². The van der Waals surface area contributed by atoms with Crippen molar-refractivity contribution in [3.63, 3.8) is 0 Å². The molecule has 12 aromatic rings. The van der Waals surface area contributed by atoms with Gasteiger partial charge in [0.1, 0.15) is 16.9 Å². The van der Waals surface area contributed by atoms with Gasteiger partial charge in [-0.05, 0) is 69.8 Å². The number of aromatic nitrogens is 5. The lowest BCUT2D eigenvalue weighted by atomic mass is 9.98. The van der Waals surface area contributed by atoms with Crippen LogP contribution < -0.4 is 0 Å². The van der Waals surface area contributed by atoms with E-state index in [-0.39, 0.29) is 0 Å². The maximum atomic E-state index is 6.30. The topological polar surface area (TPSA) is 69.6 Å². The summed E-state index contributed by atoms with van der Waals surface area (Å²) < 4.78 is 8.65. The molecule has 0 unspecified atom stereocenters. The third-order valence-electron chi connectivity index (χ3n) is 11.7. The maximum Gasteiger partial charge on any atom is 0.182 e. The van der Waals surface area contributed by atoms with Gasteiger partial charge in [0.2, 0.25) is 0 Å². The number of fused-ring (bicyclic) bond motifs is 6. The molecule has 0 aliphatic carbocycles. The Morgan fingerprint density at radius 3 is 1.69 bits per heavy atom. The lowest BCUT2D eigenvalue weighted by Gasteiger charge is -2.14. The zero-order chi connectivity index (χ0) is 41.0. The molecular weight excluding hydrogens is 759 g/mol. The largest absolute Gasteiger partial charge is 0.456 e. The number of para-hydroxylation sites is 3. The number of pyridine rings is 1. The third kappa shape index (κ3) is 6.13. The van der Waals surface area contributed by atoms with Crippen LogP contribution in [0.15, 0.2) is 217 Å². The molecule has 0 saturated carbocycles. The van der Waals surface area contributed by atoms with E-state index in [2.05, 4.69) is 174 Å². The summed E-state index contributed by atoms with van der Waals surface area (Å²) in [5.41, 5.74) is 13.9. The summed E-state index contributed by atoms with van der Waals surface area (Å²) in [5.74, 6) is 1.55. The SMILES string of the molecule is c1ccc(-c2ccc(-c3cccc(-c4nc(-c5cc6oc7ccccc7c6cn5)nc(-c5ccccc5-c5cccc(-n6c7ccccc7c7ccccc76)c5)n4)c3)cc2)cc1. The molecule has 0 atom stereocenters. The highest BCUT2D eigenvalue weighted by Gasteiger charge is 2.19. The van der Waals surface area contributed by atoms with Crippen LogP contribution >= 0.6 is 0 Å². The molecule has 0 N–H and O–H groups in total. The van der Waals surface area contributed by atoms with Crippen molar-refractivity contribution in [2.45, 2.75) is 0 Å². The standard InChI is InChI=1S/C56H35N5O/c1-2-14-36(15-3-1)37-28-30-38(31-29-37)39-16-12-18-41(32-39)54-58-55(60-56(59-54)49-34-53-48(35-57-49)46-23-8-11-27-52(46)62-53)47-24-5-4-20-43(47)40-17-13-19-42(33-40)61-50-25-9-6-21-44(50)45-22-7-10-26-51(45)61/h1-35H. The zero-order valence-corrected chi connectivity index (χ0v) is 33.4. The van der Waals surface area contributed by atoms with E-state index in [1.165, 1.54) is 21.9 Å². The first-order valence-corrected chi connectivity index (χ1v) is 20.7. The van der Waals surface area contributed by atoms with E-state index in [4.69, 9.17) is 24.4 Å². The van der Waals surface area contributed by atoms with Gasteiger partial charge < -0.3 is 8.98 Å². The van der Waals surface area contributed by atoms with Gasteiger partial charge in [0.15, 0.2) is 17.5 Å². The van der Waals surface area contributed by atoms with Gasteiger partial charge in [-0.15, -0.1) is 0 Å². The highest BCUT2D eigenvalue weighted by Crippen LogP contribution is 2.37. The predicted molar refractivity (Wildman–Crippen MR) is 252 cm³/mol. The van der Waals surface area contributed by atoms with E-state index in [9.17, 15) is 0 Å². The average molecular weight is 794 g/mol. The molecule has 6 heteroatoms. The molecule has 290 valence electrons. The predicted octanol–water partition coefficient (Wildman–Crippen LogP) is 14.3. The molecule has 0 amide bonds. The molecule has 0 aliphatic rings. The van der Waals surface area contributed by atoms with E-state index >= 15 is 0 Å². The first-order chi connectivity index (χ1) is 30.7. The van der Waals surface area contributed by atoms with Crippen molar-refractivity contribution >= 4 is 43.7 Å². The van der Waals surface area contributed by atoms with Crippen LogP contribution in [0.4, 0.5) is 0 Å². The summed E-state index contributed by atoms with van der Waals surface area (Å²) >= 11 is 0. The van der Waals surface area contributed by atoms with Crippen molar-refractivity contribution in [2.75, 3.05) is 0 Å². The van der Waals surface area contributed by atoms with Gasteiger partial charge >= 0.3 is 0 Å². The van der Waals surface area contributed by atoms with Crippen molar-refractivity contribution in [2.24, 2.45) is 0 Å². The van der Waals surface area contributed by atoms with Gasteiger partial charge in [0, 0.05) is 50.6 Å². The van der Waals surface area contributed by atoms with Crippen molar-refractivity contribution in [1.29, 1.82) is 0 Å². The minimum atomic E-state index is 0.457. The van der Waals surface area contributed by atoms with E-state index in [0.717, 1.165) is 72.0 Å². The average Bonchev–Trinajstić information content (AvgIpc) is 3.90. The molecule has 8 aromatic carbocycles. The van der Waals surface area contributed by atoms with Crippen LogP contribution in [0.1, 0.15) is 0 Å².